The van der Waals surface area contributed by atoms with Gasteiger partial charge >= 0.3 is 0 Å². The maximum atomic E-state index is 12.4. The maximum absolute atomic E-state index is 12.4. The Kier molecular flexibility index (Phi) is 5.45. The third-order valence-corrected chi connectivity index (χ3v) is 3.86. The van der Waals surface area contributed by atoms with Crippen molar-refractivity contribution >= 4 is 5.91 Å². The lowest BCUT2D eigenvalue weighted by Crippen LogP contribution is -2.48. The molecular formula is C14H26N2O2. The minimum absolute atomic E-state index is 0.167. The van der Waals surface area contributed by atoms with E-state index >= 15 is 0 Å². The number of carbonyl (C=O) groups is 1. The molecule has 1 amide bonds. The highest BCUT2D eigenvalue weighted by Gasteiger charge is 2.29. The lowest BCUT2D eigenvalue weighted by Gasteiger charge is -2.31. The van der Waals surface area contributed by atoms with Crippen molar-refractivity contribution in [3.8, 4) is 0 Å². The second-order valence-electron chi connectivity index (χ2n) is 5.43. The monoisotopic (exact) mass is 254 g/mol. The van der Waals surface area contributed by atoms with Crippen molar-refractivity contribution in [1.29, 1.82) is 0 Å². The number of hydrogen-bond acceptors (Lipinski definition) is 3. The highest BCUT2D eigenvalue weighted by atomic mass is 16.5. The first-order chi connectivity index (χ1) is 8.81. The molecular weight excluding hydrogens is 228 g/mol. The van der Waals surface area contributed by atoms with Crippen LogP contribution in [0.1, 0.15) is 45.4 Å². The fourth-order valence-corrected chi connectivity index (χ4v) is 2.88. The molecule has 0 aromatic carbocycles. The Morgan fingerprint density at radius 2 is 2.22 bits per heavy atom. The molecule has 2 aliphatic heterocycles. The van der Waals surface area contributed by atoms with E-state index in [2.05, 4.69) is 12.2 Å². The highest BCUT2D eigenvalue weighted by molar-refractivity contribution is 5.81. The maximum Gasteiger partial charge on any atom is 0.251 e. The Morgan fingerprint density at radius 3 is 2.83 bits per heavy atom. The van der Waals surface area contributed by atoms with Gasteiger partial charge in [0.15, 0.2) is 0 Å². The van der Waals surface area contributed by atoms with Crippen LogP contribution in [0.5, 0.6) is 0 Å². The van der Waals surface area contributed by atoms with E-state index in [-0.39, 0.29) is 12.0 Å². The first-order valence-corrected chi connectivity index (χ1v) is 7.45. The molecule has 0 spiro atoms. The van der Waals surface area contributed by atoms with Crippen LogP contribution in [0.25, 0.3) is 0 Å². The van der Waals surface area contributed by atoms with Gasteiger partial charge in [-0.1, -0.05) is 13.3 Å². The minimum Gasteiger partial charge on any atom is -0.368 e. The molecule has 0 aliphatic carbocycles. The average molecular weight is 254 g/mol. The number of amides is 1. The Balaban J connectivity index is 1.87. The molecule has 1 unspecified atom stereocenters. The van der Waals surface area contributed by atoms with Crippen LogP contribution in [-0.4, -0.2) is 49.2 Å². The molecule has 2 atom stereocenters. The fourth-order valence-electron chi connectivity index (χ4n) is 2.88. The van der Waals surface area contributed by atoms with Crippen molar-refractivity contribution in [1.82, 2.24) is 10.2 Å². The predicted molar refractivity (Wildman–Crippen MR) is 71.5 cm³/mol. The van der Waals surface area contributed by atoms with Gasteiger partial charge in [-0.25, -0.2) is 0 Å². The van der Waals surface area contributed by atoms with Crippen LogP contribution in [-0.2, 0) is 9.53 Å². The smallest absolute Gasteiger partial charge is 0.251 e. The molecule has 2 aliphatic rings. The van der Waals surface area contributed by atoms with Gasteiger partial charge < -0.3 is 15.0 Å². The summed E-state index contributed by atoms with van der Waals surface area (Å²) in [6, 6.07) is 0.482. The number of ether oxygens (including phenoxy) is 1. The summed E-state index contributed by atoms with van der Waals surface area (Å²) in [6.07, 6.45) is 6.52. The summed E-state index contributed by atoms with van der Waals surface area (Å²) >= 11 is 0. The summed E-state index contributed by atoms with van der Waals surface area (Å²) in [7, 11) is 0. The largest absolute Gasteiger partial charge is 0.368 e. The first kappa shape index (κ1) is 13.8. The molecule has 0 bridgehead atoms. The summed E-state index contributed by atoms with van der Waals surface area (Å²) in [5, 5.41) is 3.52. The van der Waals surface area contributed by atoms with Gasteiger partial charge in [0.25, 0.3) is 5.91 Å². The number of nitrogens with zero attached hydrogens (tertiary/aromatic N) is 1. The summed E-state index contributed by atoms with van der Waals surface area (Å²) < 4.78 is 5.52. The molecule has 0 aromatic rings. The number of piperidine rings is 1. The van der Waals surface area contributed by atoms with Gasteiger partial charge in [0.2, 0.25) is 0 Å². The van der Waals surface area contributed by atoms with E-state index in [1.165, 1.54) is 19.3 Å². The van der Waals surface area contributed by atoms with Gasteiger partial charge in [0.05, 0.1) is 0 Å². The second-order valence-corrected chi connectivity index (χ2v) is 5.43. The molecule has 18 heavy (non-hydrogen) atoms. The second kappa shape index (κ2) is 7.10. The number of carbonyl (C=O) groups excluding carboxylic acids is 1. The third-order valence-electron chi connectivity index (χ3n) is 3.86. The molecule has 0 radical (unpaired) electrons. The SMILES string of the molecule is CCCN(CC1CCCCN1)C(=O)[C@H]1CCCO1. The van der Waals surface area contributed by atoms with Crippen molar-refractivity contribution in [3.05, 3.63) is 0 Å². The zero-order valence-corrected chi connectivity index (χ0v) is 11.5. The van der Waals surface area contributed by atoms with Crippen LogP contribution in [0.2, 0.25) is 0 Å². The highest BCUT2D eigenvalue weighted by Crippen LogP contribution is 2.16. The Hall–Kier alpha value is -0.610. The van der Waals surface area contributed by atoms with E-state index in [0.717, 1.165) is 45.5 Å². The first-order valence-electron chi connectivity index (χ1n) is 7.45. The van der Waals surface area contributed by atoms with Gasteiger partial charge in [-0.3, -0.25) is 4.79 Å². The standard InChI is InChI=1S/C14H26N2O2/c1-2-9-16(11-12-6-3-4-8-15-12)14(17)13-7-5-10-18-13/h12-13,15H,2-11H2,1H3/t12?,13-/m1/s1. The normalized spacial score (nSPS) is 28.3. The Labute approximate surface area is 110 Å². The summed E-state index contributed by atoms with van der Waals surface area (Å²) in [6.45, 7) is 5.68. The van der Waals surface area contributed by atoms with Gasteiger partial charge in [-0.2, -0.15) is 0 Å². The zero-order valence-electron chi connectivity index (χ0n) is 11.5. The van der Waals surface area contributed by atoms with Crippen LogP contribution >= 0.6 is 0 Å². The number of rotatable bonds is 5. The van der Waals surface area contributed by atoms with E-state index in [9.17, 15) is 4.79 Å². The van der Waals surface area contributed by atoms with Crippen LogP contribution < -0.4 is 5.32 Å². The van der Waals surface area contributed by atoms with E-state index in [0.29, 0.717) is 6.04 Å². The number of hydrogen-bond donors (Lipinski definition) is 1. The van der Waals surface area contributed by atoms with Crippen molar-refractivity contribution in [2.24, 2.45) is 0 Å². The van der Waals surface area contributed by atoms with E-state index in [4.69, 9.17) is 4.74 Å². The Bertz CT molecular complexity index is 259. The number of nitrogens with one attached hydrogen (secondary N) is 1. The molecule has 4 nitrogen and oxygen atoms in total. The topological polar surface area (TPSA) is 41.6 Å². The lowest BCUT2D eigenvalue weighted by molar-refractivity contribution is -0.141. The van der Waals surface area contributed by atoms with Crippen LogP contribution in [0.4, 0.5) is 0 Å². The lowest BCUT2D eigenvalue weighted by atomic mass is 10.0. The van der Waals surface area contributed by atoms with Gasteiger partial charge in [0.1, 0.15) is 6.10 Å². The molecule has 2 rings (SSSR count). The third kappa shape index (κ3) is 3.69. The molecule has 0 aromatic heterocycles. The van der Waals surface area contributed by atoms with Crippen molar-refractivity contribution in [3.63, 3.8) is 0 Å². The minimum atomic E-state index is -0.167. The molecule has 0 saturated carbocycles. The van der Waals surface area contributed by atoms with Crippen molar-refractivity contribution in [2.75, 3.05) is 26.2 Å². The summed E-state index contributed by atoms with van der Waals surface area (Å²) in [4.78, 5) is 14.4. The molecule has 2 fully saturated rings. The van der Waals surface area contributed by atoms with Gasteiger partial charge in [0, 0.05) is 25.7 Å². The molecule has 104 valence electrons. The fraction of sp³-hybridized carbons (Fsp3) is 0.929. The average Bonchev–Trinajstić information content (AvgIpc) is 2.92. The van der Waals surface area contributed by atoms with Crippen molar-refractivity contribution < 1.29 is 9.53 Å². The Morgan fingerprint density at radius 1 is 1.33 bits per heavy atom. The van der Waals surface area contributed by atoms with Crippen LogP contribution in [0.3, 0.4) is 0 Å². The van der Waals surface area contributed by atoms with E-state index in [1.807, 2.05) is 4.90 Å². The molecule has 4 heteroatoms. The van der Waals surface area contributed by atoms with Crippen molar-refractivity contribution in [2.45, 2.75) is 57.6 Å². The van der Waals surface area contributed by atoms with E-state index < -0.39 is 0 Å². The zero-order chi connectivity index (χ0) is 12.8. The summed E-state index contributed by atoms with van der Waals surface area (Å²) in [5.41, 5.74) is 0. The summed E-state index contributed by atoms with van der Waals surface area (Å²) in [5.74, 6) is 0.210. The van der Waals surface area contributed by atoms with Gasteiger partial charge in [-0.15, -0.1) is 0 Å². The van der Waals surface area contributed by atoms with Gasteiger partial charge in [-0.05, 0) is 38.6 Å². The van der Waals surface area contributed by atoms with Crippen LogP contribution in [0.15, 0.2) is 0 Å². The quantitative estimate of drug-likeness (QED) is 0.809. The predicted octanol–water partition coefficient (Wildman–Crippen LogP) is 1.55. The van der Waals surface area contributed by atoms with Crippen LogP contribution in [0, 0.1) is 0 Å². The molecule has 1 N–H and O–H groups in total. The molecule has 2 saturated heterocycles. The molecule has 2 heterocycles. The van der Waals surface area contributed by atoms with E-state index in [1.54, 1.807) is 0 Å².